The molecule has 0 atom stereocenters. The van der Waals surface area contributed by atoms with Gasteiger partial charge in [-0.05, 0) is 0 Å². The van der Waals surface area contributed by atoms with Gasteiger partial charge >= 0.3 is 64.9 Å². The van der Waals surface area contributed by atoms with Gasteiger partial charge in [0.05, 0.1) is 0 Å². The zero-order valence-corrected chi connectivity index (χ0v) is 9.05. The fourth-order valence-corrected chi connectivity index (χ4v) is 1.80. The Kier molecular flexibility index (Phi) is 4.03. The van der Waals surface area contributed by atoms with Gasteiger partial charge in [0.25, 0.3) is 0 Å². The van der Waals surface area contributed by atoms with Crippen molar-refractivity contribution in [2.45, 2.75) is 29.3 Å². The fourth-order valence-electron chi connectivity index (χ4n) is 0.463. The van der Waals surface area contributed by atoms with Crippen LogP contribution in [0.15, 0.2) is 0 Å². The molecule has 60 valence electrons. The summed E-state index contributed by atoms with van der Waals surface area (Å²) in [5.74, 6) is -0.163. The van der Waals surface area contributed by atoms with Crippen molar-refractivity contribution in [3.63, 3.8) is 0 Å². The van der Waals surface area contributed by atoms with E-state index in [9.17, 15) is 4.79 Å². The number of rotatable bonds is 3. The van der Waals surface area contributed by atoms with Crippen LogP contribution in [0, 0.1) is 0 Å². The van der Waals surface area contributed by atoms with Crippen LogP contribution in [0.5, 0.6) is 0 Å². The van der Waals surface area contributed by atoms with Gasteiger partial charge in [-0.1, -0.05) is 0 Å². The molecule has 0 aliphatic rings. The molecule has 0 fully saturated rings. The molecule has 0 aliphatic carbocycles. The zero-order chi connectivity index (χ0) is 8.20. The Morgan fingerprint density at radius 3 is 2.20 bits per heavy atom. The first-order valence-corrected chi connectivity index (χ1v) is 10.3. The summed E-state index contributed by atoms with van der Waals surface area (Å²) in [6.07, 6.45) is 0. The molecule has 0 aromatic rings. The van der Waals surface area contributed by atoms with Crippen LogP contribution < -0.4 is 0 Å². The van der Waals surface area contributed by atoms with E-state index in [2.05, 4.69) is 17.1 Å². The van der Waals surface area contributed by atoms with E-state index >= 15 is 0 Å². The van der Waals surface area contributed by atoms with Crippen LogP contribution in [0.25, 0.3) is 0 Å². The second kappa shape index (κ2) is 4.02. The summed E-state index contributed by atoms with van der Waals surface area (Å²) in [4.78, 5) is 10.3. The van der Waals surface area contributed by atoms with Crippen molar-refractivity contribution in [1.29, 1.82) is 0 Å². The van der Waals surface area contributed by atoms with Gasteiger partial charge in [-0.2, -0.15) is 0 Å². The van der Waals surface area contributed by atoms with Gasteiger partial charge in [0, 0.05) is 0 Å². The third-order valence-electron chi connectivity index (χ3n) is 1.07. The summed E-state index contributed by atoms with van der Waals surface area (Å²) in [5.41, 5.74) is 6.88. The molecule has 0 saturated heterocycles. The molecule has 0 aromatic heterocycles. The summed E-state index contributed by atoms with van der Waals surface area (Å²) in [5, 5.41) is 1.10. The van der Waals surface area contributed by atoms with E-state index in [0.29, 0.717) is 6.61 Å². The van der Waals surface area contributed by atoms with Crippen LogP contribution >= 0.6 is 0 Å². The van der Waals surface area contributed by atoms with Crippen molar-refractivity contribution in [3.8, 4) is 0 Å². The summed E-state index contributed by atoms with van der Waals surface area (Å²) in [6, 6.07) is 0. The maximum absolute atomic E-state index is 10.3. The summed E-state index contributed by atoms with van der Waals surface area (Å²) in [6.45, 7) is 2.07. The quantitative estimate of drug-likeness (QED) is 0.521. The van der Waals surface area contributed by atoms with Crippen molar-refractivity contribution < 1.29 is 9.53 Å². The molecule has 0 heterocycles. The van der Waals surface area contributed by atoms with Crippen molar-refractivity contribution >= 4 is 19.5 Å². The molecule has 0 bridgehead atoms. The number of ether oxygens (including phenoxy) is 1. The van der Waals surface area contributed by atoms with E-state index in [-0.39, 0.29) is 5.97 Å². The van der Waals surface area contributed by atoms with Crippen LogP contribution in [0.4, 0.5) is 0 Å². The van der Waals surface area contributed by atoms with E-state index in [1.807, 2.05) is 0 Å². The Balaban J connectivity index is 3.29. The predicted molar refractivity (Wildman–Crippen MR) is 44.8 cm³/mol. The van der Waals surface area contributed by atoms with Crippen molar-refractivity contribution in [1.82, 2.24) is 0 Å². The van der Waals surface area contributed by atoms with E-state index in [1.165, 1.54) is 6.92 Å². The molecule has 0 amide bonds. The van der Waals surface area contributed by atoms with E-state index < -0.39 is 13.6 Å². The third kappa shape index (κ3) is 8.03. The first kappa shape index (κ1) is 10.0. The van der Waals surface area contributed by atoms with Crippen LogP contribution in [-0.4, -0.2) is 26.1 Å². The zero-order valence-electron chi connectivity index (χ0n) is 7.18. The minimum atomic E-state index is -1.30. The first-order chi connectivity index (χ1) is 4.42. The molecule has 10 heavy (non-hydrogen) atoms. The normalized spacial score (nSPS) is 11.2. The van der Waals surface area contributed by atoms with Gasteiger partial charge in [0.15, 0.2) is 0 Å². The van der Waals surface area contributed by atoms with Crippen LogP contribution in [-0.2, 0) is 9.53 Å². The summed E-state index contributed by atoms with van der Waals surface area (Å²) >= 11 is -1.30. The molecule has 0 N–H and O–H groups in total. The fraction of sp³-hybridized carbons (Fsp3) is 0.857. The second-order valence-corrected chi connectivity index (χ2v) is 13.9. The third-order valence-corrected chi connectivity index (χ3v) is 4.27. The van der Waals surface area contributed by atoms with Gasteiger partial charge in [-0.15, -0.1) is 0 Å². The molecule has 0 rings (SSSR count). The molecular formula is C7H16AsO2+. The van der Waals surface area contributed by atoms with E-state index in [4.69, 9.17) is 4.74 Å². The maximum atomic E-state index is 10.3. The van der Waals surface area contributed by atoms with E-state index in [1.54, 1.807) is 0 Å². The molecule has 0 saturated carbocycles. The van der Waals surface area contributed by atoms with Crippen molar-refractivity contribution in [2.75, 3.05) is 6.61 Å². The number of esters is 1. The topological polar surface area (TPSA) is 26.3 Å². The van der Waals surface area contributed by atoms with Gasteiger partial charge in [0.2, 0.25) is 0 Å². The number of hydrogen-bond acceptors (Lipinski definition) is 2. The molecular weight excluding hydrogens is 191 g/mol. The molecule has 0 aromatic carbocycles. The first-order valence-electron chi connectivity index (χ1n) is 3.35. The molecule has 0 spiro atoms. The van der Waals surface area contributed by atoms with Crippen LogP contribution in [0.3, 0.4) is 0 Å². The Morgan fingerprint density at radius 1 is 1.40 bits per heavy atom. The second-order valence-electron chi connectivity index (χ2n) is 3.35. The van der Waals surface area contributed by atoms with Crippen LogP contribution in [0.2, 0.25) is 22.3 Å². The van der Waals surface area contributed by atoms with Gasteiger partial charge in [-0.3, -0.25) is 0 Å². The van der Waals surface area contributed by atoms with E-state index in [0.717, 1.165) is 5.21 Å². The Morgan fingerprint density at radius 2 is 1.90 bits per heavy atom. The van der Waals surface area contributed by atoms with Gasteiger partial charge < -0.3 is 0 Å². The minimum absolute atomic E-state index is 0.163. The summed E-state index contributed by atoms with van der Waals surface area (Å²) < 4.78 is 4.82. The average molecular weight is 207 g/mol. The monoisotopic (exact) mass is 207 g/mol. The SMILES string of the molecule is CC(=O)OCC[As+](C)(C)C. The van der Waals surface area contributed by atoms with Crippen molar-refractivity contribution in [2.24, 2.45) is 0 Å². The van der Waals surface area contributed by atoms with Crippen LogP contribution in [0.1, 0.15) is 6.92 Å². The number of carbonyl (C=O) groups is 1. The molecule has 0 radical (unpaired) electrons. The van der Waals surface area contributed by atoms with Gasteiger partial charge in [-0.25, -0.2) is 0 Å². The Bertz CT molecular complexity index is 115. The Hall–Kier alpha value is 0.0284. The standard InChI is InChI=1S/C7H16AsO2/c1-7(9)10-6-5-8(2,3)4/h5-6H2,1-4H3/q+1. The number of hydrogen-bond donors (Lipinski definition) is 0. The Labute approximate surface area is 65.4 Å². The van der Waals surface area contributed by atoms with Crippen molar-refractivity contribution in [3.05, 3.63) is 0 Å². The molecule has 0 aliphatic heterocycles. The average Bonchev–Trinajstić information content (AvgIpc) is 1.59. The summed E-state index contributed by atoms with van der Waals surface area (Å²) in [7, 11) is 0. The molecule has 0 unspecified atom stereocenters. The predicted octanol–water partition coefficient (Wildman–Crippen LogP) is 1.89. The molecule has 3 heteroatoms. The number of carbonyl (C=O) groups excluding carboxylic acids is 1. The molecule has 2 nitrogen and oxygen atoms in total. The van der Waals surface area contributed by atoms with Gasteiger partial charge in [0.1, 0.15) is 0 Å².